The first-order valence-corrected chi connectivity index (χ1v) is 11.1. The molecule has 1 aliphatic rings. The monoisotopic (exact) mass is 453 g/mol. The van der Waals surface area contributed by atoms with Crippen LogP contribution in [0.3, 0.4) is 0 Å². The molecule has 8 heteroatoms. The van der Waals surface area contributed by atoms with Crippen LogP contribution >= 0.6 is 11.8 Å². The van der Waals surface area contributed by atoms with E-state index in [2.05, 4.69) is 23.7 Å². The number of carbonyl (C=O) groups excluding carboxylic acids is 1. The van der Waals surface area contributed by atoms with Crippen LogP contribution in [0.5, 0.6) is 5.75 Å². The molecule has 0 spiro atoms. The highest BCUT2D eigenvalue weighted by atomic mass is 32.2. The maximum absolute atomic E-state index is 12.9. The maximum atomic E-state index is 12.9. The molecule has 2 aromatic rings. The van der Waals surface area contributed by atoms with E-state index in [4.69, 9.17) is 4.74 Å². The number of rotatable bonds is 7. The van der Waals surface area contributed by atoms with Gasteiger partial charge in [-0.25, -0.2) is 9.79 Å². The number of hydrogen-bond acceptors (Lipinski definition) is 6. The summed E-state index contributed by atoms with van der Waals surface area (Å²) in [7, 11) is 3.27. The predicted octanol–water partition coefficient (Wildman–Crippen LogP) is 4.78. The number of likely N-dealkylation sites (N-methyl/N-ethyl adjacent to an activating group) is 1. The van der Waals surface area contributed by atoms with Crippen LogP contribution in [-0.2, 0) is 4.79 Å². The predicted molar refractivity (Wildman–Crippen MR) is 130 cm³/mol. The van der Waals surface area contributed by atoms with Gasteiger partial charge < -0.3 is 14.7 Å². The molecule has 168 valence electrons. The van der Waals surface area contributed by atoms with Crippen LogP contribution in [0.25, 0.3) is 6.08 Å². The maximum Gasteiger partial charge on any atom is 0.336 e. The van der Waals surface area contributed by atoms with Crippen LogP contribution in [0.1, 0.15) is 35.3 Å². The van der Waals surface area contributed by atoms with Gasteiger partial charge in [0.2, 0.25) is 0 Å². The number of amidine groups is 1. The topological polar surface area (TPSA) is 82.4 Å². The highest BCUT2D eigenvalue weighted by Gasteiger charge is 2.31. The molecular formula is C24H27N3O4S. The smallest absolute Gasteiger partial charge is 0.336 e. The lowest BCUT2D eigenvalue weighted by Gasteiger charge is -2.22. The Bertz CT molecular complexity index is 1110. The summed E-state index contributed by atoms with van der Waals surface area (Å²) in [6.07, 6.45) is 1.80. The molecule has 7 nitrogen and oxygen atoms in total. The van der Waals surface area contributed by atoms with E-state index < -0.39 is 5.97 Å². The first kappa shape index (κ1) is 23.4. The Morgan fingerprint density at radius 1 is 1.25 bits per heavy atom. The van der Waals surface area contributed by atoms with Gasteiger partial charge in [-0.1, -0.05) is 6.07 Å². The molecule has 0 radical (unpaired) electrons. The molecule has 0 saturated carbocycles. The molecule has 0 aliphatic carbocycles. The van der Waals surface area contributed by atoms with Crippen LogP contribution in [-0.4, -0.2) is 54.3 Å². The lowest BCUT2D eigenvalue weighted by Crippen LogP contribution is -2.23. The first-order valence-electron chi connectivity index (χ1n) is 10.3. The van der Waals surface area contributed by atoms with Gasteiger partial charge in [-0.3, -0.25) is 9.69 Å². The lowest BCUT2D eigenvalue weighted by atomic mass is 10.1. The van der Waals surface area contributed by atoms with Crippen molar-refractivity contribution < 1.29 is 19.4 Å². The van der Waals surface area contributed by atoms with Gasteiger partial charge in [0, 0.05) is 37.5 Å². The van der Waals surface area contributed by atoms with Crippen LogP contribution in [0.4, 0.5) is 11.4 Å². The summed E-state index contributed by atoms with van der Waals surface area (Å²) in [5.41, 5.74) is 3.14. The minimum absolute atomic E-state index is 0.171. The average molecular weight is 454 g/mol. The minimum atomic E-state index is -1.01. The van der Waals surface area contributed by atoms with Crippen molar-refractivity contribution in [3.8, 4) is 5.75 Å². The fourth-order valence-corrected chi connectivity index (χ4v) is 4.45. The van der Waals surface area contributed by atoms with Gasteiger partial charge in [0.15, 0.2) is 5.17 Å². The Hall–Kier alpha value is -3.26. The fourth-order valence-electron chi connectivity index (χ4n) is 3.48. The third-order valence-electron chi connectivity index (χ3n) is 5.39. The molecule has 0 unspecified atom stereocenters. The van der Waals surface area contributed by atoms with E-state index in [0.29, 0.717) is 27.1 Å². The van der Waals surface area contributed by atoms with E-state index in [-0.39, 0.29) is 11.5 Å². The Labute approximate surface area is 192 Å². The number of ether oxygens (including phenoxy) is 1. The van der Waals surface area contributed by atoms with E-state index in [1.807, 2.05) is 18.2 Å². The summed E-state index contributed by atoms with van der Waals surface area (Å²) in [4.78, 5) is 33.0. The highest BCUT2D eigenvalue weighted by molar-refractivity contribution is 8.18. The van der Waals surface area contributed by atoms with Crippen molar-refractivity contribution >= 4 is 46.3 Å². The quantitative estimate of drug-likeness (QED) is 0.608. The number of carboxylic acid groups (broad SMARTS) is 1. The average Bonchev–Trinajstić information content (AvgIpc) is 3.04. The molecular weight excluding hydrogens is 426 g/mol. The second-order valence-electron chi connectivity index (χ2n) is 7.22. The van der Waals surface area contributed by atoms with E-state index in [9.17, 15) is 14.7 Å². The van der Waals surface area contributed by atoms with Crippen LogP contribution in [0.15, 0.2) is 46.3 Å². The SMILES string of the molecule is CCN(CC)c1ccc(/C=C2\SC(=Nc3cccc(C(=O)O)c3C)N(C)C2=O)c(OC)c1. The van der Waals surface area contributed by atoms with Crippen molar-refractivity contribution in [1.29, 1.82) is 0 Å². The summed E-state index contributed by atoms with van der Waals surface area (Å²) in [6, 6.07) is 10.9. The van der Waals surface area contributed by atoms with Crippen LogP contribution < -0.4 is 9.64 Å². The Kier molecular flexibility index (Phi) is 7.25. The van der Waals surface area contributed by atoms with E-state index in [1.165, 1.54) is 22.7 Å². The summed E-state index contributed by atoms with van der Waals surface area (Å²) in [5.74, 6) is -0.488. The van der Waals surface area contributed by atoms with Crippen molar-refractivity contribution in [2.24, 2.45) is 4.99 Å². The molecule has 1 aliphatic heterocycles. The zero-order valence-electron chi connectivity index (χ0n) is 18.9. The largest absolute Gasteiger partial charge is 0.496 e. The highest BCUT2D eigenvalue weighted by Crippen LogP contribution is 2.36. The zero-order chi connectivity index (χ0) is 23.4. The van der Waals surface area contributed by atoms with Gasteiger partial charge >= 0.3 is 5.97 Å². The molecule has 0 aromatic heterocycles. The van der Waals surface area contributed by atoms with Crippen molar-refractivity contribution in [2.75, 3.05) is 32.1 Å². The molecule has 1 amide bonds. The van der Waals surface area contributed by atoms with Gasteiger partial charge in [0.05, 0.1) is 23.3 Å². The summed E-state index contributed by atoms with van der Waals surface area (Å²) in [6.45, 7) is 7.70. The Balaban J connectivity index is 1.95. The molecule has 32 heavy (non-hydrogen) atoms. The van der Waals surface area contributed by atoms with Crippen molar-refractivity contribution in [3.05, 3.63) is 58.0 Å². The van der Waals surface area contributed by atoms with Gasteiger partial charge in [0.25, 0.3) is 5.91 Å². The third kappa shape index (κ3) is 4.65. The normalized spacial score (nSPS) is 16.2. The van der Waals surface area contributed by atoms with Gasteiger partial charge in [0.1, 0.15) is 5.75 Å². The van der Waals surface area contributed by atoms with Crippen molar-refractivity contribution in [2.45, 2.75) is 20.8 Å². The zero-order valence-corrected chi connectivity index (χ0v) is 19.7. The van der Waals surface area contributed by atoms with Crippen LogP contribution in [0.2, 0.25) is 0 Å². The molecule has 1 fully saturated rings. The molecule has 0 atom stereocenters. The first-order chi connectivity index (χ1) is 15.3. The second kappa shape index (κ2) is 9.91. The van der Waals surface area contributed by atoms with Gasteiger partial charge in [-0.05, 0) is 68.4 Å². The number of anilines is 1. The number of amides is 1. The standard InChI is InChI=1S/C24H27N3O4S/c1-6-27(7-2)17-12-11-16(20(14-17)31-5)13-21-22(28)26(4)24(32-21)25-19-10-8-9-18(15(19)3)23(29)30/h8-14H,6-7H2,1-5H3,(H,29,30)/b21-13-,25-24?. The van der Waals surface area contributed by atoms with E-state index in [0.717, 1.165) is 24.3 Å². The molecule has 1 saturated heterocycles. The Morgan fingerprint density at radius 3 is 2.59 bits per heavy atom. The minimum Gasteiger partial charge on any atom is -0.496 e. The number of hydrogen-bond donors (Lipinski definition) is 1. The molecule has 0 bridgehead atoms. The number of carboxylic acids is 1. The van der Waals surface area contributed by atoms with E-state index in [1.54, 1.807) is 39.3 Å². The van der Waals surface area contributed by atoms with Crippen molar-refractivity contribution in [1.82, 2.24) is 4.90 Å². The number of benzene rings is 2. The number of aromatic carboxylic acids is 1. The van der Waals surface area contributed by atoms with E-state index >= 15 is 0 Å². The van der Waals surface area contributed by atoms with Gasteiger partial charge in [-0.2, -0.15) is 0 Å². The summed E-state index contributed by atoms with van der Waals surface area (Å²) >= 11 is 1.25. The number of thioether (sulfide) groups is 1. The molecule has 1 N–H and O–H groups in total. The lowest BCUT2D eigenvalue weighted by molar-refractivity contribution is -0.121. The molecule has 2 aromatic carbocycles. The number of carbonyl (C=O) groups is 2. The second-order valence-corrected chi connectivity index (χ2v) is 8.23. The molecule has 1 heterocycles. The third-order valence-corrected chi connectivity index (χ3v) is 6.45. The number of aliphatic imine (C=N–C) groups is 1. The van der Waals surface area contributed by atoms with Crippen molar-refractivity contribution in [3.63, 3.8) is 0 Å². The fraction of sp³-hybridized carbons (Fsp3) is 0.292. The number of nitrogens with zero attached hydrogens (tertiary/aromatic N) is 3. The Morgan fingerprint density at radius 2 is 1.97 bits per heavy atom. The van der Waals surface area contributed by atoms with Gasteiger partial charge in [-0.15, -0.1) is 0 Å². The summed E-state index contributed by atoms with van der Waals surface area (Å²) in [5, 5.41) is 9.83. The number of methoxy groups -OCH3 is 1. The molecule has 3 rings (SSSR count). The van der Waals surface area contributed by atoms with Crippen LogP contribution in [0, 0.1) is 6.92 Å². The summed E-state index contributed by atoms with van der Waals surface area (Å²) < 4.78 is 5.58.